The first-order chi connectivity index (χ1) is 11.3. The molecule has 3 rings (SSSR count). The SMILES string of the molecule is Nc1cc(-c2cccc(OC(F)(F)F)c2)n(-c2ccc(F)cc2)n1. The van der Waals surface area contributed by atoms with Crippen molar-refractivity contribution in [2.24, 2.45) is 0 Å². The highest BCUT2D eigenvalue weighted by atomic mass is 19.4. The quantitative estimate of drug-likeness (QED) is 0.730. The van der Waals surface area contributed by atoms with Crippen LogP contribution in [0.5, 0.6) is 5.75 Å². The van der Waals surface area contributed by atoms with Crippen molar-refractivity contribution in [3.05, 3.63) is 60.4 Å². The molecule has 3 aromatic rings. The average molecular weight is 337 g/mol. The van der Waals surface area contributed by atoms with Crippen LogP contribution >= 0.6 is 0 Å². The molecule has 0 aliphatic carbocycles. The highest BCUT2D eigenvalue weighted by molar-refractivity contribution is 5.66. The molecule has 0 bridgehead atoms. The summed E-state index contributed by atoms with van der Waals surface area (Å²) >= 11 is 0. The largest absolute Gasteiger partial charge is 0.573 e. The Morgan fingerprint density at radius 2 is 1.71 bits per heavy atom. The van der Waals surface area contributed by atoms with E-state index >= 15 is 0 Å². The van der Waals surface area contributed by atoms with Gasteiger partial charge in [0.1, 0.15) is 17.4 Å². The van der Waals surface area contributed by atoms with Gasteiger partial charge >= 0.3 is 6.36 Å². The van der Waals surface area contributed by atoms with Crippen LogP contribution in [0, 0.1) is 5.82 Å². The second-order valence-electron chi connectivity index (χ2n) is 4.92. The molecule has 0 saturated carbocycles. The number of halogens is 4. The van der Waals surface area contributed by atoms with Gasteiger partial charge in [0.15, 0.2) is 0 Å². The smallest absolute Gasteiger partial charge is 0.406 e. The highest BCUT2D eigenvalue weighted by Crippen LogP contribution is 2.30. The summed E-state index contributed by atoms with van der Waals surface area (Å²) in [6.07, 6.45) is -4.78. The molecule has 1 heterocycles. The summed E-state index contributed by atoms with van der Waals surface area (Å²) in [5.74, 6) is -0.595. The van der Waals surface area contributed by atoms with E-state index in [4.69, 9.17) is 5.73 Å². The van der Waals surface area contributed by atoms with Gasteiger partial charge in [0.25, 0.3) is 0 Å². The van der Waals surface area contributed by atoms with Crippen LogP contribution in [0.1, 0.15) is 0 Å². The Hall–Kier alpha value is -3.03. The molecule has 24 heavy (non-hydrogen) atoms. The van der Waals surface area contributed by atoms with Crippen LogP contribution in [-0.2, 0) is 0 Å². The first-order valence-electron chi connectivity index (χ1n) is 6.79. The predicted octanol–water partition coefficient (Wildman–Crippen LogP) is 4.16. The van der Waals surface area contributed by atoms with Gasteiger partial charge in [-0.3, -0.25) is 0 Å². The van der Waals surface area contributed by atoms with E-state index < -0.39 is 12.2 Å². The Bertz CT molecular complexity index is 857. The maximum atomic E-state index is 13.1. The molecule has 4 nitrogen and oxygen atoms in total. The Morgan fingerprint density at radius 1 is 1.00 bits per heavy atom. The summed E-state index contributed by atoms with van der Waals surface area (Å²) in [5, 5.41) is 4.10. The highest BCUT2D eigenvalue weighted by Gasteiger charge is 2.31. The molecular formula is C16H11F4N3O. The maximum absolute atomic E-state index is 13.1. The molecule has 124 valence electrons. The second-order valence-corrected chi connectivity index (χ2v) is 4.92. The van der Waals surface area contributed by atoms with Gasteiger partial charge in [0, 0.05) is 11.6 Å². The van der Waals surface area contributed by atoms with Crippen molar-refractivity contribution >= 4 is 5.82 Å². The van der Waals surface area contributed by atoms with Gasteiger partial charge < -0.3 is 10.5 Å². The molecular weight excluding hydrogens is 326 g/mol. The van der Waals surface area contributed by atoms with Gasteiger partial charge in [-0.1, -0.05) is 12.1 Å². The van der Waals surface area contributed by atoms with Crippen LogP contribution in [0.3, 0.4) is 0 Å². The first kappa shape index (κ1) is 15.9. The fourth-order valence-corrected chi connectivity index (χ4v) is 2.24. The number of hydrogen-bond donors (Lipinski definition) is 1. The molecule has 0 atom stereocenters. The summed E-state index contributed by atoms with van der Waals surface area (Å²) in [4.78, 5) is 0. The normalized spacial score (nSPS) is 11.5. The van der Waals surface area contributed by atoms with E-state index in [-0.39, 0.29) is 11.6 Å². The number of anilines is 1. The monoisotopic (exact) mass is 337 g/mol. The average Bonchev–Trinajstić information content (AvgIpc) is 2.88. The number of hydrogen-bond acceptors (Lipinski definition) is 3. The first-order valence-corrected chi connectivity index (χ1v) is 6.79. The molecule has 0 spiro atoms. The number of nitrogens with zero attached hydrogens (tertiary/aromatic N) is 2. The molecule has 2 aromatic carbocycles. The van der Waals surface area contributed by atoms with Crippen molar-refractivity contribution in [2.75, 3.05) is 5.73 Å². The number of benzene rings is 2. The third-order valence-corrected chi connectivity index (χ3v) is 3.16. The molecule has 0 aliphatic heterocycles. The fourth-order valence-electron chi connectivity index (χ4n) is 2.24. The molecule has 0 aliphatic rings. The summed E-state index contributed by atoms with van der Waals surface area (Å²) < 4.78 is 55.5. The standard InChI is InChI=1S/C16H11F4N3O/c17-11-4-6-12(7-5-11)23-14(9-15(21)22-23)10-2-1-3-13(8-10)24-16(18,19)20/h1-9H,(H2,21,22). The predicted molar refractivity (Wildman–Crippen MR) is 80.1 cm³/mol. The molecule has 0 radical (unpaired) electrons. The lowest BCUT2D eigenvalue weighted by Crippen LogP contribution is -2.17. The van der Waals surface area contributed by atoms with Crippen LogP contribution < -0.4 is 10.5 Å². The number of alkyl halides is 3. The van der Waals surface area contributed by atoms with Gasteiger partial charge in [-0.25, -0.2) is 9.07 Å². The molecule has 1 aromatic heterocycles. The van der Waals surface area contributed by atoms with Crippen LogP contribution in [0.2, 0.25) is 0 Å². The van der Waals surface area contributed by atoms with Crippen molar-refractivity contribution in [2.45, 2.75) is 6.36 Å². The Balaban J connectivity index is 2.04. The number of nitrogen functional groups attached to an aromatic ring is 1. The van der Waals surface area contributed by atoms with Gasteiger partial charge in [-0.05, 0) is 36.4 Å². The number of ether oxygens (including phenoxy) is 1. The number of rotatable bonds is 3. The van der Waals surface area contributed by atoms with Crippen molar-refractivity contribution in [3.63, 3.8) is 0 Å². The van der Waals surface area contributed by atoms with Gasteiger partial charge in [0.05, 0.1) is 11.4 Å². The minimum Gasteiger partial charge on any atom is -0.406 e. The Morgan fingerprint density at radius 3 is 2.38 bits per heavy atom. The lowest BCUT2D eigenvalue weighted by Gasteiger charge is -2.11. The number of nitrogens with two attached hydrogens (primary N) is 1. The van der Waals surface area contributed by atoms with E-state index in [1.54, 1.807) is 6.07 Å². The van der Waals surface area contributed by atoms with Crippen molar-refractivity contribution < 1.29 is 22.3 Å². The van der Waals surface area contributed by atoms with Crippen molar-refractivity contribution in [1.29, 1.82) is 0 Å². The topological polar surface area (TPSA) is 53.1 Å². The Labute approximate surface area is 134 Å². The molecule has 0 saturated heterocycles. The van der Waals surface area contributed by atoms with Crippen LogP contribution in [-0.4, -0.2) is 16.1 Å². The summed E-state index contributed by atoms with van der Waals surface area (Å²) in [6.45, 7) is 0. The number of aromatic nitrogens is 2. The molecule has 8 heteroatoms. The van der Waals surface area contributed by atoms with Crippen LogP contribution in [0.4, 0.5) is 23.4 Å². The van der Waals surface area contributed by atoms with Crippen molar-refractivity contribution in [3.8, 4) is 22.7 Å². The molecule has 0 amide bonds. The molecule has 2 N–H and O–H groups in total. The fraction of sp³-hybridized carbons (Fsp3) is 0.0625. The second kappa shape index (κ2) is 5.88. The third-order valence-electron chi connectivity index (χ3n) is 3.16. The van der Waals surface area contributed by atoms with E-state index in [1.807, 2.05) is 0 Å². The van der Waals surface area contributed by atoms with Crippen LogP contribution in [0.15, 0.2) is 54.6 Å². The van der Waals surface area contributed by atoms with E-state index in [0.29, 0.717) is 16.9 Å². The summed E-state index contributed by atoms with van der Waals surface area (Å²) in [6, 6.07) is 12.4. The van der Waals surface area contributed by atoms with E-state index in [2.05, 4.69) is 9.84 Å². The lowest BCUT2D eigenvalue weighted by atomic mass is 10.1. The van der Waals surface area contributed by atoms with E-state index in [9.17, 15) is 17.6 Å². The van der Waals surface area contributed by atoms with E-state index in [1.165, 1.54) is 53.2 Å². The third kappa shape index (κ3) is 3.48. The van der Waals surface area contributed by atoms with Gasteiger partial charge in [-0.2, -0.15) is 5.10 Å². The Kier molecular flexibility index (Phi) is 3.88. The summed E-state index contributed by atoms with van der Waals surface area (Å²) in [5.41, 5.74) is 7.10. The maximum Gasteiger partial charge on any atom is 0.573 e. The van der Waals surface area contributed by atoms with Gasteiger partial charge in [-0.15, -0.1) is 13.2 Å². The molecule has 0 unspecified atom stereocenters. The van der Waals surface area contributed by atoms with Crippen molar-refractivity contribution in [1.82, 2.24) is 9.78 Å². The van der Waals surface area contributed by atoms with Gasteiger partial charge in [0.2, 0.25) is 0 Å². The minimum absolute atomic E-state index is 0.177. The minimum atomic E-state index is -4.78. The lowest BCUT2D eigenvalue weighted by molar-refractivity contribution is -0.274. The zero-order valence-corrected chi connectivity index (χ0v) is 12.1. The zero-order valence-electron chi connectivity index (χ0n) is 12.1. The zero-order chi connectivity index (χ0) is 17.3. The molecule has 0 fully saturated rings. The van der Waals surface area contributed by atoms with Crippen LogP contribution in [0.25, 0.3) is 16.9 Å². The van der Waals surface area contributed by atoms with E-state index in [0.717, 1.165) is 0 Å². The summed E-state index contributed by atoms with van der Waals surface area (Å²) in [7, 11) is 0.